The molecule has 0 radical (unpaired) electrons. The highest BCUT2D eigenvalue weighted by molar-refractivity contribution is 5.73. The Balaban J connectivity index is 3.38. The van der Waals surface area contributed by atoms with E-state index in [1.54, 1.807) is 9.97 Å². The van der Waals surface area contributed by atoms with Crippen LogP contribution < -0.4 is 22.8 Å². The summed E-state index contributed by atoms with van der Waals surface area (Å²) in [6.45, 7) is -0.565. The van der Waals surface area contributed by atoms with Gasteiger partial charge in [0.25, 0.3) is 0 Å². The van der Waals surface area contributed by atoms with Crippen LogP contribution in [0.25, 0.3) is 0 Å². The molecule has 70 valence electrons. The van der Waals surface area contributed by atoms with Crippen molar-refractivity contribution in [3.05, 3.63) is 31.5 Å². The van der Waals surface area contributed by atoms with Crippen LogP contribution in [0, 0.1) is 0 Å². The number of primary amides is 1. The maximum absolute atomic E-state index is 10.9. The minimum Gasteiger partial charge on any atom is -0.368 e. The fourth-order valence-electron chi connectivity index (χ4n) is 0.752. The van der Waals surface area contributed by atoms with E-state index in [0.29, 0.717) is 4.57 Å². The zero-order valence-corrected chi connectivity index (χ0v) is 6.36. The second-order valence-electron chi connectivity index (χ2n) is 2.24. The number of H-pyrrole nitrogens is 2. The fourth-order valence-corrected chi connectivity index (χ4v) is 0.752. The Morgan fingerprint density at radius 2 is 1.69 bits per heavy atom. The van der Waals surface area contributed by atoms with Crippen LogP contribution in [0.3, 0.4) is 0 Å². The third-order valence-corrected chi connectivity index (χ3v) is 1.25. The Morgan fingerprint density at radius 3 is 2.08 bits per heavy atom. The summed E-state index contributed by atoms with van der Waals surface area (Å²) >= 11 is 0. The second-order valence-corrected chi connectivity index (χ2v) is 2.24. The molecule has 0 aromatic carbocycles. The van der Waals surface area contributed by atoms with Gasteiger partial charge in [0.05, 0.1) is 0 Å². The zero-order chi connectivity index (χ0) is 10.0. The molecule has 1 heterocycles. The first kappa shape index (κ1) is 8.97. The number of hydrogen-bond donors (Lipinski definition) is 3. The maximum atomic E-state index is 10.9. The van der Waals surface area contributed by atoms with Gasteiger partial charge in [-0.15, -0.1) is 0 Å². The van der Waals surface area contributed by atoms with Gasteiger partial charge in [-0.2, -0.15) is 0 Å². The number of nitrogens with two attached hydrogens (primary N) is 1. The monoisotopic (exact) mass is 186 g/mol. The first-order chi connectivity index (χ1) is 6.00. The van der Waals surface area contributed by atoms with Crippen molar-refractivity contribution in [1.82, 2.24) is 14.5 Å². The van der Waals surface area contributed by atoms with Crippen molar-refractivity contribution < 1.29 is 4.79 Å². The average Bonchev–Trinajstić information content (AvgIpc) is 1.96. The largest absolute Gasteiger partial charge is 0.368 e. The lowest BCUT2D eigenvalue weighted by Gasteiger charge is -1.97. The Kier molecular flexibility index (Phi) is 2.13. The molecule has 4 N–H and O–H groups in total. The molecule has 13 heavy (non-hydrogen) atoms. The number of amides is 1. The highest BCUT2D eigenvalue weighted by Gasteiger charge is 2.04. The number of hydrogen-bond acceptors (Lipinski definition) is 4. The lowest BCUT2D eigenvalue weighted by molar-refractivity contribution is -0.118. The smallest absolute Gasteiger partial charge is 0.334 e. The predicted octanol–water partition coefficient (Wildman–Crippen LogP) is -3.29. The van der Waals surface area contributed by atoms with Gasteiger partial charge in [0.15, 0.2) is 0 Å². The Hall–Kier alpha value is -2.12. The number of aromatic nitrogens is 3. The maximum Gasteiger partial charge on any atom is 0.334 e. The number of carbonyl (C=O) groups is 1. The molecule has 0 saturated heterocycles. The molecule has 0 aliphatic carbocycles. The molecule has 0 aliphatic heterocycles. The summed E-state index contributed by atoms with van der Waals surface area (Å²) in [5.74, 6) is -0.848. The van der Waals surface area contributed by atoms with E-state index in [4.69, 9.17) is 5.73 Å². The molecule has 0 saturated carbocycles. The standard InChI is InChI=1S/C5H6N4O4/c6-2(10)1-9-4(12)7-3(11)8-5(9)13/h1H2,(H2,6,10)(H2,7,8,11,12,13). The van der Waals surface area contributed by atoms with Crippen LogP contribution in [0.5, 0.6) is 0 Å². The van der Waals surface area contributed by atoms with Gasteiger partial charge in [0, 0.05) is 0 Å². The predicted molar refractivity (Wildman–Crippen MR) is 41.1 cm³/mol. The van der Waals surface area contributed by atoms with Crippen molar-refractivity contribution in [2.45, 2.75) is 6.54 Å². The minimum absolute atomic E-state index is 0.490. The molecule has 8 heteroatoms. The van der Waals surface area contributed by atoms with Gasteiger partial charge >= 0.3 is 17.1 Å². The van der Waals surface area contributed by atoms with Crippen molar-refractivity contribution in [2.75, 3.05) is 0 Å². The lowest BCUT2D eigenvalue weighted by atomic mass is 10.6. The topological polar surface area (TPSA) is 131 Å². The van der Waals surface area contributed by atoms with Crippen LogP contribution in [0.4, 0.5) is 0 Å². The lowest BCUT2D eigenvalue weighted by Crippen LogP contribution is -2.45. The van der Waals surface area contributed by atoms with Crippen LogP contribution in [-0.2, 0) is 11.3 Å². The number of aromatic amines is 2. The molecular weight excluding hydrogens is 180 g/mol. The molecule has 1 rings (SSSR count). The molecule has 0 aliphatic rings. The van der Waals surface area contributed by atoms with Gasteiger partial charge in [-0.1, -0.05) is 0 Å². The number of rotatable bonds is 2. The molecule has 1 aromatic heterocycles. The summed E-state index contributed by atoms with van der Waals surface area (Å²) in [5.41, 5.74) is 1.91. The van der Waals surface area contributed by atoms with Gasteiger partial charge in [-0.3, -0.25) is 14.8 Å². The van der Waals surface area contributed by atoms with Crippen LogP contribution in [0.1, 0.15) is 0 Å². The van der Waals surface area contributed by atoms with Crippen molar-refractivity contribution in [2.24, 2.45) is 5.73 Å². The highest BCUT2D eigenvalue weighted by Crippen LogP contribution is 1.64. The number of carbonyl (C=O) groups excluding carboxylic acids is 1. The van der Waals surface area contributed by atoms with Crippen molar-refractivity contribution >= 4 is 5.91 Å². The molecule has 0 spiro atoms. The van der Waals surface area contributed by atoms with Gasteiger partial charge in [0.1, 0.15) is 6.54 Å². The van der Waals surface area contributed by atoms with Gasteiger partial charge in [0.2, 0.25) is 5.91 Å². The first-order valence-corrected chi connectivity index (χ1v) is 3.22. The number of nitrogens with one attached hydrogen (secondary N) is 2. The van der Waals surface area contributed by atoms with Crippen molar-refractivity contribution in [1.29, 1.82) is 0 Å². The van der Waals surface area contributed by atoms with Gasteiger partial charge < -0.3 is 5.73 Å². The SMILES string of the molecule is NC(=O)Cn1c(=O)[nH]c(=O)[nH]c1=O. The summed E-state index contributed by atoms with van der Waals surface area (Å²) in [6.07, 6.45) is 0. The van der Waals surface area contributed by atoms with E-state index in [9.17, 15) is 19.2 Å². The zero-order valence-electron chi connectivity index (χ0n) is 6.36. The summed E-state index contributed by atoms with van der Waals surface area (Å²) < 4.78 is 0.490. The Bertz CT molecular complexity index is 458. The van der Waals surface area contributed by atoms with E-state index >= 15 is 0 Å². The Morgan fingerprint density at radius 1 is 1.23 bits per heavy atom. The summed E-state index contributed by atoms with van der Waals surface area (Å²) in [4.78, 5) is 46.2. The molecule has 1 aromatic rings. The van der Waals surface area contributed by atoms with E-state index in [2.05, 4.69) is 0 Å². The van der Waals surface area contributed by atoms with Crippen LogP contribution in [0.2, 0.25) is 0 Å². The van der Waals surface area contributed by atoms with E-state index in [-0.39, 0.29) is 0 Å². The number of nitrogens with zero attached hydrogens (tertiary/aromatic N) is 1. The van der Waals surface area contributed by atoms with E-state index in [0.717, 1.165) is 0 Å². The van der Waals surface area contributed by atoms with E-state index in [1.807, 2.05) is 0 Å². The summed E-state index contributed by atoms with van der Waals surface area (Å²) in [7, 11) is 0. The quantitative estimate of drug-likeness (QED) is 0.446. The van der Waals surface area contributed by atoms with Gasteiger partial charge in [-0.05, 0) is 0 Å². The summed E-state index contributed by atoms with van der Waals surface area (Å²) in [5, 5.41) is 0. The fraction of sp³-hybridized carbons (Fsp3) is 0.200. The van der Waals surface area contributed by atoms with Crippen LogP contribution in [-0.4, -0.2) is 20.4 Å². The molecule has 0 fully saturated rings. The third kappa shape index (κ3) is 1.92. The highest BCUT2D eigenvalue weighted by atomic mass is 16.2. The molecule has 0 unspecified atom stereocenters. The Labute approximate surface area is 70.0 Å². The normalized spacial score (nSPS) is 9.85. The van der Waals surface area contributed by atoms with Crippen LogP contribution in [0.15, 0.2) is 14.4 Å². The third-order valence-electron chi connectivity index (χ3n) is 1.25. The molecule has 0 bridgehead atoms. The van der Waals surface area contributed by atoms with E-state index < -0.39 is 29.5 Å². The first-order valence-electron chi connectivity index (χ1n) is 3.22. The molecule has 1 amide bonds. The minimum atomic E-state index is -0.965. The summed E-state index contributed by atoms with van der Waals surface area (Å²) in [6, 6.07) is 0. The van der Waals surface area contributed by atoms with Crippen LogP contribution >= 0.6 is 0 Å². The van der Waals surface area contributed by atoms with Crippen molar-refractivity contribution in [3.8, 4) is 0 Å². The molecular formula is C5H6N4O4. The van der Waals surface area contributed by atoms with E-state index in [1.165, 1.54) is 0 Å². The average molecular weight is 186 g/mol. The van der Waals surface area contributed by atoms with Crippen molar-refractivity contribution in [3.63, 3.8) is 0 Å². The van der Waals surface area contributed by atoms with Gasteiger partial charge in [-0.25, -0.2) is 19.0 Å². The second kappa shape index (κ2) is 3.09. The molecule has 8 nitrogen and oxygen atoms in total. The molecule has 0 atom stereocenters.